The van der Waals surface area contributed by atoms with Crippen LogP contribution in [0.2, 0.25) is 0 Å². The number of hydrogen-bond acceptors (Lipinski definition) is 2. The zero-order valence-corrected chi connectivity index (χ0v) is 12.1. The summed E-state index contributed by atoms with van der Waals surface area (Å²) in [6.07, 6.45) is 0. The van der Waals surface area contributed by atoms with Crippen molar-refractivity contribution in [1.29, 1.82) is 0 Å². The summed E-state index contributed by atoms with van der Waals surface area (Å²) in [5.74, 6) is -0.630. The van der Waals surface area contributed by atoms with E-state index in [1.165, 1.54) is 17.9 Å². The molecule has 0 spiro atoms. The molecule has 0 unspecified atom stereocenters. The quantitative estimate of drug-likeness (QED) is 0.784. The molecule has 2 rings (SSSR count). The first-order chi connectivity index (χ1) is 8.97. The Morgan fingerprint density at radius 3 is 2.32 bits per heavy atom. The molecule has 0 fully saturated rings. The van der Waals surface area contributed by atoms with Crippen LogP contribution in [0.15, 0.2) is 18.2 Å². The van der Waals surface area contributed by atoms with Crippen molar-refractivity contribution in [3.63, 3.8) is 0 Å². The zero-order valence-electron chi connectivity index (χ0n) is 12.1. The minimum absolute atomic E-state index is 0.00463. The highest BCUT2D eigenvalue weighted by Gasteiger charge is 2.26. The minimum atomic E-state index is -0.415. The van der Waals surface area contributed by atoms with E-state index in [9.17, 15) is 14.0 Å². The molecule has 1 N–H and O–H groups in total. The Balaban J connectivity index is 0.000000396. The van der Waals surface area contributed by atoms with Crippen LogP contribution in [-0.4, -0.2) is 30.8 Å². The summed E-state index contributed by atoms with van der Waals surface area (Å²) in [6, 6.07) is 4.72. The number of carbonyl (C=O) groups excluding carboxylic acids is 2. The van der Waals surface area contributed by atoms with Gasteiger partial charge >= 0.3 is 0 Å². The number of fused-ring (bicyclic) bond motifs is 1. The van der Waals surface area contributed by atoms with Crippen LogP contribution in [0.3, 0.4) is 0 Å². The Morgan fingerprint density at radius 2 is 1.89 bits per heavy atom. The Morgan fingerprint density at radius 1 is 1.37 bits per heavy atom. The van der Waals surface area contributed by atoms with Gasteiger partial charge in [0.2, 0.25) is 5.91 Å². The van der Waals surface area contributed by atoms with Crippen molar-refractivity contribution in [2.45, 2.75) is 27.3 Å². The SMILES string of the molecule is CC.CN1Cc2cccc(F)c2C1=O.CNC(C)=O. The predicted molar refractivity (Wildman–Crippen MR) is 73.3 cm³/mol. The van der Waals surface area contributed by atoms with E-state index in [-0.39, 0.29) is 17.4 Å². The van der Waals surface area contributed by atoms with Crippen molar-refractivity contribution < 1.29 is 14.0 Å². The van der Waals surface area contributed by atoms with Gasteiger partial charge in [0.05, 0.1) is 5.56 Å². The Bertz CT molecular complexity index is 447. The van der Waals surface area contributed by atoms with E-state index in [0.717, 1.165) is 5.56 Å². The van der Waals surface area contributed by atoms with E-state index >= 15 is 0 Å². The lowest BCUT2D eigenvalue weighted by atomic mass is 10.1. The fraction of sp³-hybridized carbons (Fsp3) is 0.429. The molecule has 0 atom stereocenters. The van der Waals surface area contributed by atoms with Crippen LogP contribution in [0.1, 0.15) is 36.7 Å². The number of nitrogens with zero attached hydrogens (tertiary/aromatic N) is 1. The maximum atomic E-state index is 13.1. The number of hydrogen-bond donors (Lipinski definition) is 1. The standard InChI is InChI=1S/C9H8FNO.C3H7NO.C2H6/c1-11-5-6-3-2-4-7(10)8(6)9(11)12;1-3(5)4-2;1-2/h2-4H,5H2,1H3;1-2H3,(H,4,5);1-2H3. The van der Waals surface area contributed by atoms with Gasteiger partial charge in [0.15, 0.2) is 0 Å². The smallest absolute Gasteiger partial charge is 0.257 e. The maximum absolute atomic E-state index is 13.1. The molecule has 19 heavy (non-hydrogen) atoms. The fourth-order valence-corrected chi connectivity index (χ4v) is 1.46. The largest absolute Gasteiger partial charge is 0.359 e. The molecule has 4 nitrogen and oxygen atoms in total. The Hall–Kier alpha value is -1.91. The van der Waals surface area contributed by atoms with Crippen LogP contribution < -0.4 is 5.32 Å². The molecular weight excluding hydrogens is 247 g/mol. The highest BCUT2D eigenvalue weighted by molar-refractivity contribution is 5.98. The zero-order chi connectivity index (χ0) is 15.0. The second-order valence-corrected chi connectivity index (χ2v) is 3.74. The van der Waals surface area contributed by atoms with Gasteiger partial charge in [-0.2, -0.15) is 0 Å². The Kier molecular flexibility index (Phi) is 7.41. The van der Waals surface area contributed by atoms with Crippen molar-refractivity contribution in [3.8, 4) is 0 Å². The second kappa shape index (κ2) is 8.24. The molecule has 106 valence electrons. The van der Waals surface area contributed by atoms with Crippen molar-refractivity contribution >= 4 is 11.8 Å². The summed E-state index contributed by atoms with van der Waals surface area (Å²) in [6.45, 7) is 5.99. The summed E-state index contributed by atoms with van der Waals surface area (Å²) in [4.78, 5) is 22.5. The van der Waals surface area contributed by atoms with Gasteiger partial charge in [0, 0.05) is 27.6 Å². The number of carbonyl (C=O) groups is 2. The lowest BCUT2D eigenvalue weighted by Crippen LogP contribution is -2.18. The van der Waals surface area contributed by atoms with Gasteiger partial charge in [0.1, 0.15) is 5.82 Å². The molecule has 5 heteroatoms. The first-order valence-corrected chi connectivity index (χ1v) is 6.18. The predicted octanol–water partition coefficient (Wildman–Crippen LogP) is 2.19. The van der Waals surface area contributed by atoms with E-state index < -0.39 is 5.82 Å². The summed E-state index contributed by atoms with van der Waals surface area (Å²) in [5, 5.41) is 2.39. The highest BCUT2D eigenvalue weighted by Crippen LogP contribution is 2.23. The van der Waals surface area contributed by atoms with Gasteiger partial charge in [-0.05, 0) is 11.6 Å². The van der Waals surface area contributed by atoms with Crippen molar-refractivity contribution in [1.82, 2.24) is 10.2 Å². The van der Waals surface area contributed by atoms with E-state index in [1.807, 2.05) is 13.8 Å². The van der Waals surface area contributed by atoms with Crippen LogP contribution in [0.5, 0.6) is 0 Å². The maximum Gasteiger partial charge on any atom is 0.257 e. The molecule has 0 saturated carbocycles. The normalized spacial score (nSPS) is 11.7. The lowest BCUT2D eigenvalue weighted by molar-refractivity contribution is -0.118. The first-order valence-electron chi connectivity index (χ1n) is 6.18. The second-order valence-electron chi connectivity index (χ2n) is 3.74. The van der Waals surface area contributed by atoms with Gasteiger partial charge in [-0.3, -0.25) is 9.59 Å². The summed E-state index contributed by atoms with van der Waals surface area (Å²) < 4.78 is 13.1. The molecule has 0 bridgehead atoms. The van der Waals surface area contributed by atoms with E-state index in [2.05, 4.69) is 5.32 Å². The highest BCUT2D eigenvalue weighted by atomic mass is 19.1. The Labute approximate surface area is 113 Å². The molecule has 0 aliphatic carbocycles. The van der Waals surface area contributed by atoms with Gasteiger partial charge in [-0.1, -0.05) is 26.0 Å². The topological polar surface area (TPSA) is 49.4 Å². The van der Waals surface area contributed by atoms with E-state index in [4.69, 9.17) is 0 Å². The fourth-order valence-electron chi connectivity index (χ4n) is 1.46. The monoisotopic (exact) mass is 268 g/mol. The van der Waals surface area contributed by atoms with Crippen LogP contribution in [0, 0.1) is 5.82 Å². The lowest BCUT2D eigenvalue weighted by Gasteiger charge is -2.04. The van der Waals surface area contributed by atoms with Crippen LogP contribution in [-0.2, 0) is 11.3 Å². The van der Waals surface area contributed by atoms with Gasteiger partial charge in [-0.25, -0.2) is 4.39 Å². The van der Waals surface area contributed by atoms with E-state index in [1.54, 1.807) is 26.2 Å². The number of benzene rings is 1. The first kappa shape index (κ1) is 17.1. The summed E-state index contributed by atoms with van der Waals surface area (Å²) in [7, 11) is 3.27. The number of amides is 2. The average molecular weight is 268 g/mol. The molecular formula is C14H21FN2O2. The number of nitrogens with one attached hydrogen (secondary N) is 1. The average Bonchev–Trinajstić information content (AvgIpc) is 2.69. The number of rotatable bonds is 0. The molecule has 0 saturated heterocycles. The summed E-state index contributed by atoms with van der Waals surface area (Å²) in [5.41, 5.74) is 1.02. The molecule has 2 amide bonds. The van der Waals surface area contributed by atoms with E-state index in [0.29, 0.717) is 6.54 Å². The van der Waals surface area contributed by atoms with Crippen molar-refractivity contribution in [2.24, 2.45) is 0 Å². The summed E-state index contributed by atoms with van der Waals surface area (Å²) >= 11 is 0. The van der Waals surface area contributed by atoms with Gasteiger partial charge in [0.25, 0.3) is 5.91 Å². The van der Waals surface area contributed by atoms with Crippen LogP contribution in [0.25, 0.3) is 0 Å². The number of halogens is 1. The van der Waals surface area contributed by atoms with Crippen LogP contribution >= 0.6 is 0 Å². The van der Waals surface area contributed by atoms with Crippen molar-refractivity contribution in [2.75, 3.05) is 14.1 Å². The van der Waals surface area contributed by atoms with Gasteiger partial charge < -0.3 is 10.2 Å². The molecule has 1 heterocycles. The molecule has 0 radical (unpaired) electrons. The third-order valence-electron chi connectivity index (χ3n) is 2.42. The molecule has 1 aliphatic heterocycles. The molecule has 0 aromatic heterocycles. The van der Waals surface area contributed by atoms with Crippen LogP contribution in [0.4, 0.5) is 4.39 Å². The third kappa shape index (κ3) is 4.69. The molecule has 1 aromatic rings. The minimum Gasteiger partial charge on any atom is -0.359 e. The van der Waals surface area contributed by atoms with Gasteiger partial charge in [-0.15, -0.1) is 0 Å². The van der Waals surface area contributed by atoms with Crippen molar-refractivity contribution in [3.05, 3.63) is 35.1 Å². The molecule has 1 aliphatic rings. The molecule has 1 aromatic carbocycles. The third-order valence-corrected chi connectivity index (χ3v) is 2.42.